The van der Waals surface area contributed by atoms with Crippen molar-refractivity contribution in [2.45, 2.75) is 6.54 Å². The fourth-order valence-corrected chi connectivity index (χ4v) is 3.98. The molecule has 8 heteroatoms. The number of allylic oxidation sites excluding steroid dienone is 2. The van der Waals surface area contributed by atoms with Crippen molar-refractivity contribution in [1.82, 2.24) is 4.90 Å². The lowest BCUT2D eigenvalue weighted by atomic mass is 10.1. The van der Waals surface area contributed by atoms with E-state index in [0.29, 0.717) is 10.0 Å². The molecule has 0 aliphatic carbocycles. The number of carbonyl (C=O) groups excluding carboxylic acids is 2. The first-order valence-electron chi connectivity index (χ1n) is 7.85. The number of hydrogen-bond donors (Lipinski definition) is 0. The lowest BCUT2D eigenvalue weighted by molar-refractivity contribution is -0.385. The van der Waals surface area contributed by atoms with E-state index in [1.54, 1.807) is 18.2 Å². The third kappa shape index (κ3) is 4.53. The summed E-state index contributed by atoms with van der Waals surface area (Å²) in [4.78, 5) is 36.7. The molecule has 0 N–H and O–H groups in total. The number of nitro benzene ring substituents is 1. The lowest BCUT2D eigenvalue weighted by Crippen LogP contribution is -2.27. The molecule has 1 aliphatic rings. The number of carbonyl (C=O) groups is 2. The number of nitrogens with zero attached hydrogens (tertiary/aromatic N) is 2. The number of imide groups is 1. The minimum atomic E-state index is -0.524. The van der Waals surface area contributed by atoms with Gasteiger partial charge >= 0.3 is 0 Å². The summed E-state index contributed by atoms with van der Waals surface area (Å²) in [6.45, 7) is -0.140. The van der Waals surface area contributed by atoms with E-state index in [0.717, 1.165) is 22.2 Å². The first-order valence-corrected chi connectivity index (χ1v) is 9.46. The Kier molecular flexibility index (Phi) is 5.88. The smallest absolute Gasteiger partial charge is 0.268 e. The van der Waals surface area contributed by atoms with Crippen LogP contribution in [0.2, 0.25) is 0 Å². The highest BCUT2D eigenvalue weighted by molar-refractivity contribution is 9.12. The molecule has 27 heavy (non-hydrogen) atoms. The maximum Gasteiger partial charge on any atom is 0.293 e. The second-order valence-electron chi connectivity index (χ2n) is 5.59. The summed E-state index contributed by atoms with van der Waals surface area (Å²) in [5.41, 5.74) is 1.13. The average Bonchev–Trinajstić information content (AvgIpc) is 2.90. The van der Waals surface area contributed by atoms with Gasteiger partial charge in [0.15, 0.2) is 0 Å². The highest BCUT2D eigenvalue weighted by Crippen LogP contribution is 2.34. The lowest BCUT2D eigenvalue weighted by Gasteiger charge is -2.12. The van der Waals surface area contributed by atoms with Crippen LogP contribution in [-0.2, 0) is 11.3 Å². The molecule has 1 heterocycles. The van der Waals surface area contributed by atoms with Gasteiger partial charge in [0.2, 0.25) is 0 Å². The molecule has 0 atom stereocenters. The van der Waals surface area contributed by atoms with Crippen molar-refractivity contribution in [3.05, 3.63) is 91.3 Å². The predicted molar refractivity (Wildman–Crippen MR) is 108 cm³/mol. The zero-order valence-electron chi connectivity index (χ0n) is 13.9. The standard InChI is InChI=1S/C19H13BrN2O4S/c20-15(10-13-6-2-1-3-7-13)11-17-18(23)21(19(24)27-17)12-14-8-4-5-9-16(14)22(25)26/h1-11H,12H2/b15-10-,17-11-. The number of nitro groups is 1. The van der Waals surface area contributed by atoms with Crippen molar-refractivity contribution in [2.75, 3.05) is 0 Å². The third-order valence-corrected chi connectivity index (χ3v) is 5.13. The molecule has 1 saturated heterocycles. The molecule has 3 rings (SSSR count). The second kappa shape index (κ2) is 8.32. The minimum Gasteiger partial charge on any atom is -0.268 e. The monoisotopic (exact) mass is 444 g/mol. The van der Waals surface area contributed by atoms with Crippen LogP contribution in [0.4, 0.5) is 10.5 Å². The highest BCUT2D eigenvalue weighted by atomic mass is 79.9. The Balaban J connectivity index is 1.81. The molecule has 0 bridgehead atoms. The zero-order valence-corrected chi connectivity index (χ0v) is 16.3. The van der Waals surface area contributed by atoms with Gasteiger partial charge in [0, 0.05) is 16.1 Å². The van der Waals surface area contributed by atoms with Crippen LogP contribution in [0.1, 0.15) is 11.1 Å². The van der Waals surface area contributed by atoms with Gasteiger partial charge in [-0.2, -0.15) is 0 Å². The van der Waals surface area contributed by atoms with Crippen molar-refractivity contribution in [2.24, 2.45) is 0 Å². The SMILES string of the molecule is O=C1S/C(=C\C(Br)=C\c2ccccc2)C(=O)N1Cc1ccccc1[N+](=O)[O-]. The molecule has 2 aromatic rings. The van der Waals surface area contributed by atoms with Crippen molar-refractivity contribution in [1.29, 1.82) is 0 Å². The van der Waals surface area contributed by atoms with Gasteiger partial charge in [0.25, 0.3) is 16.8 Å². The van der Waals surface area contributed by atoms with Gasteiger partial charge < -0.3 is 0 Å². The number of halogens is 1. The van der Waals surface area contributed by atoms with Crippen LogP contribution < -0.4 is 0 Å². The minimum absolute atomic E-state index is 0.120. The Labute approximate surface area is 167 Å². The maximum atomic E-state index is 12.6. The van der Waals surface area contributed by atoms with Crippen LogP contribution in [0.25, 0.3) is 6.08 Å². The second-order valence-corrected chi connectivity index (χ2v) is 7.50. The summed E-state index contributed by atoms with van der Waals surface area (Å²) in [5.74, 6) is -0.471. The largest absolute Gasteiger partial charge is 0.293 e. The van der Waals surface area contributed by atoms with Crippen LogP contribution >= 0.6 is 27.7 Å². The van der Waals surface area contributed by atoms with E-state index in [4.69, 9.17) is 0 Å². The van der Waals surface area contributed by atoms with Crippen molar-refractivity contribution in [3.8, 4) is 0 Å². The van der Waals surface area contributed by atoms with E-state index < -0.39 is 16.1 Å². The summed E-state index contributed by atoms with van der Waals surface area (Å²) >= 11 is 4.20. The summed E-state index contributed by atoms with van der Waals surface area (Å²) in [7, 11) is 0. The third-order valence-electron chi connectivity index (χ3n) is 3.76. The zero-order chi connectivity index (χ0) is 19.4. The number of thioether (sulfide) groups is 1. The first-order chi connectivity index (χ1) is 13.0. The molecule has 136 valence electrons. The van der Waals surface area contributed by atoms with Crippen LogP contribution in [-0.4, -0.2) is 21.0 Å². The molecule has 1 fully saturated rings. The fraction of sp³-hybridized carbons (Fsp3) is 0.0526. The van der Waals surface area contributed by atoms with Crippen molar-refractivity contribution >= 4 is 50.6 Å². The van der Waals surface area contributed by atoms with Gasteiger partial charge in [-0.05, 0) is 29.5 Å². The average molecular weight is 445 g/mol. The number of benzene rings is 2. The van der Waals surface area contributed by atoms with Gasteiger partial charge in [-0.3, -0.25) is 24.6 Å². The molecular weight excluding hydrogens is 432 g/mol. The van der Waals surface area contributed by atoms with E-state index >= 15 is 0 Å². The van der Waals surface area contributed by atoms with Gasteiger partial charge in [0.1, 0.15) is 0 Å². The number of hydrogen-bond acceptors (Lipinski definition) is 5. The fourth-order valence-electron chi connectivity index (χ4n) is 2.50. The van der Waals surface area contributed by atoms with Gasteiger partial charge in [-0.1, -0.05) is 64.5 Å². The normalized spacial score (nSPS) is 16.3. The summed E-state index contributed by atoms with van der Waals surface area (Å²) in [5, 5.41) is 10.7. The Morgan fingerprint density at radius 3 is 2.48 bits per heavy atom. The Hall–Kier alpha value is -2.71. The van der Waals surface area contributed by atoms with Crippen LogP contribution in [0, 0.1) is 10.1 Å². The highest BCUT2D eigenvalue weighted by Gasteiger charge is 2.36. The molecule has 1 aliphatic heterocycles. The van der Waals surface area contributed by atoms with E-state index in [-0.39, 0.29) is 17.1 Å². The molecule has 6 nitrogen and oxygen atoms in total. The summed E-state index contributed by atoms with van der Waals surface area (Å²) < 4.78 is 0.643. The summed E-state index contributed by atoms with van der Waals surface area (Å²) in [6.07, 6.45) is 3.41. The van der Waals surface area contributed by atoms with Crippen molar-refractivity contribution in [3.63, 3.8) is 0 Å². The Morgan fingerprint density at radius 2 is 1.78 bits per heavy atom. The van der Waals surface area contributed by atoms with E-state index in [9.17, 15) is 19.7 Å². The van der Waals surface area contributed by atoms with E-state index in [1.165, 1.54) is 12.1 Å². The number of rotatable bonds is 5. The molecule has 2 aromatic carbocycles. The molecule has 0 saturated carbocycles. The molecule has 0 unspecified atom stereocenters. The van der Waals surface area contributed by atoms with Gasteiger partial charge in [-0.15, -0.1) is 0 Å². The molecular formula is C19H13BrN2O4S. The van der Waals surface area contributed by atoms with Gasteiger partial charge in [-0.25, -0.2) is 0 Å². The first kappa shape index (κ1) is 19.1. The van der Waals surface area contributed by atoms with E-state index in [2.05, 4.69) is 15.9 Å². The molecule has 0 spiro atoms. The maximum absolute atomic E-state index is 12.6. The number of para-hydroxylation sites is 1. The van der Waals surface area contributed by atoms with Gasteiger partial charge in [0.05, 0.1) is 16.4 Å². The quantitative estimate of drug-likeness (QED) is 0.363. The van der Waals surface area contributed by atoms with Crippen molar-refractivity contribution < 1.29 is 14.5 Å². The van der Waals surface area contributed by atoms with E-state index in [1.807, 2.05) is 36.4 Å². The molecule has 0 radical (unpaired) electrons. The number of amides is 2. The van der Waals surface area contributed by atoms with Crippen LogP contribution in [0.5, 0.6) is 0 Å². The molecule has 0 aromatic heterocycles. The molecule has 2 amide bonds. The van der Waals surface area contributed by atoms with Crippen LogP contribution in [0.15, 0.2) is 70.1 Å². The summed E-state index contributed by atoms with van der Waals surface area (Å²) in [6, 6.07) is 15.6. The predicted octanol–water partition coefficient (Wildman–Crippen LogP) is 5.11. The Bertz CT molecular complexity index is 973. The topological polar surface area (TPSA) is 80.5 Å². The van der Waals surface area contributed by atoms with Crippen LogP contribution in [0.3, 0.4) is 0 Å². The Morgan fingerprint density at radius 1 is 1.11 bits per heavy atom.